The van der Waals surface area contributed by atoms with Crippen molar-refractivity contribution in [2.45, 2.75) is 50.9 Å². The number of aliphatic hydroxyl groups excluding tert-OH is 1. The van der Waals surface area contributed by atoms with Gasteiger partial charge >= 0.3 is 0 Å². The Labute approximate surface area is 90.1 Å². The van der Waals surface area contributed by atoms with Crippen molar-refractivity contribution in [1.29, 1.82) is 0 Å². The highest BCUT2D eigenvalue weighted by Crippen LogP contribution is 2.56. The number of rotatable bonds is 2. The Morgan fingerprint density at radius 1 is 1.40 bits per heavy atom. The fourth-order valence-corrected chi connectivity index (χ4v) is 3.23. The van der Waals surface area contributed by atoms with E-state index in [1.54, 1.807) is 13.0 Å². The summed E-state index contributed by atoms with van der Waals surface area (Å²) in [5.74, 6) is 0.310. The van der Waals surface area contributed by atoms with Crippen molar-refractivity contribution in [1.82, 2.24) is 0 Å². The van der Waals surface area contributed by atoms with Crippen LogP contribution in [-0.2, 0) is 9.53 Å². The van der Waals surface area contributed by atoms with Crippen LogP contribution < -0.4 is 0 Å². The fraction of sp³-hybridized carbons (Fsp3) is 0.750. The topological polar surface area (TPSA) is 46.5 Å². The molecule has 2 heterocycles. The first kappa shape index (κ1) is 10.8. The lowest BCUT2D eigenvalue weighted by Crippen LogP contribution is -2.70. The summed E-state index contributed by atoms with van der Waals surface area (Å²) in [4.78, 5) is 10.9. The first-order valence-corrected chi connectivity index (χ1v) is 5.43. The molecule has 3 heteroatoms. The van der Waals surface area contributed by atoms with E-state index in [-0.39, 0.29) is 29.0 Å². The number of allylic oxidation sites excluding steroid dienone is 1. The first-order chi connectivity index (χ1) is 6.86. The molecule has 2 saturated heterocycles. The van der Waals surface area contributed by atoms with Crippen LogP contribution >= 0.6 is 0 Å². The zero-order chi connectivity index (χ0) is 11.3. The highest BCUT2D eigenvalue weighted by molar-refractivity contribution is 5.87. The molecule has 84 valence electrons. The van der Waals surface area contributed by atoms with Crippen LogP contribution in [0.1, 0.15) is 33.6 Å². The lowest BCUT2D eigenvalue weighted by Gasteiger charge is -2.64. The van der Waals surface area contributed by atoms with Crippen molar-refractivity contribution in [2.24, 2.45) is 5.92 Å². The summed E-state index contributed by atoms with van der Waals surface area (Å²) in [6.45, 7) is 5.56. The lowest BCUT2D eigenvalue weighted by molar-refractivity contribution is -0.338. The summed E-state index contributed by atoms with van der Waals surface area (Å²) in [6.07, 6.45) is 4.61. The van der Waals surface area contributed by atoms with Gasteiger partial charge in [0.2, 0.25) is 0 Å². The molecule has 0 aromatic rings. The van der Waals surface area contributed by atoms with Crippen LogP contribution in [0, 0.1) is 5.92 Å². The van der Waals surface area contributed by atoms with Gasteiger partial charge in [-0.2, -0.15) is 0 Å². The third kappa shape index (κ3) is 1.64. The van der Waals surface area contributed by atoms with Crippen molar-refractivity contribution < 1.29 is 14.6 Å². The average Bonchev–Trinajstić information content (AvgIpc) is 1.98. The Morgan fingerprint density at radius 3 is 2.40 bits per heavy atom. The van der Waals surface area contributed by atoms with Crippen LogP contribution in [-0.4, -0.2) is 28.2 Å². The highest BCUT2D eigenvalue weighted by atomic mass is 16.6. The van der Waals surface area contributed by atoms with E-state index in [2.05, 4.69) is 0 Å². The molecule has 3 rings (SSSR count). The molecule has 1 saturated carbocycles. The molecule has 1 aliphatic carbocycles. The van der Waals surface area contributed by atoms with E-state index in [0.29, 0.717) is 12.8 Å². The molecule has 1 N–H and O–H groups in total. The smallest absolute Gasteiger partial charge is 0.152 e. The van der Waals surface area contributed by atoms with Crippen molar-refractivity contribution in [3.05, 3.63) is 12.2 Å². The minimum absolute atomic E-state index is 0.0627. The third-order valence-corrected chi connectivity index (χ3v) is 3.59. The fourth-order valence-electron chi connectivity index (χ4n) is 3.23. The molecule has 0 aromatic heterocycles. The molecule has 3 nitrogen and oxygen atoms in total. The summed E-state index contributed by atoms with van der Waals surface area (Å²) >= 11 is 0. The monoisotopic (exact) mass is 210 g/mol. The van der Waals surface area contributed by atoms with Crippen LogP contribution in [0.3, 0.4) is 0 Å². The third-order valence-electron chi connectivity index (χ3n) is 3.59. The van der Waals surface area contributed by atoms with Crippen molar-refractivity contribution in [3.8, 4) is 0 Å². The van der Waals surface area contributed by atoms with Crippen molar-refractivity contribution in [2.75, 3.05) is 0 Å². The van der Waals surface area contributed by atoms with Gasteiger partial charge in [-0.1, -0.05) is 6.08 Å². The first-order valence-electron chi connectivity index (χ1n) is 5.43. The highest BCUT2D eigenvalue weighted by Gasteiger charge is 2.63. The minimum atomic E-state index is -0.279. The molecule has 3 fully saturated rings. The lowest BCUT2D eigenvalue weighted by atomic mass is 9.60. The Hall–Kier alpha value is -0.670. The van der Waals surface area contributed by atoms with Gasteiger partial charge in [0.25, 0.3) is 0 Å². The molecule has 4 atom stereocenters. The average molecular weight is 210 g/mol. The van der Waals surface area contributed by atoms with Crippen molar-refractivity contribution in [3.63, 3.8) is 0 Å². The van der Waals surface area contributed by atoms with Crippen LogP contribution in [0.4, 0.5) is 0 Å². The van der Waals surface area contributed by atoms with E-state index in [4.69, 9.17) is 4.74 Å². The Bertz CT molecular complexity index is 297. The second kappa shape index (κ2) is 3.16. The summed E-state index contributed by atoms with van der Waals surface area (Å²) in [7, 11) is 0. The van der Waals surface area contributed by atoms with Gasteiger partial charge in [-0.25, -0.2) is 0 Å². The van der Waals surface area contributed by atoms with Crippen LogP contribution in [0.15, 0.2) is 12.2 Å². The van der Waals surface area contributed by atoms with Crippen LogP contribution in [0.25, 0.3) is 0 Å². The van der Waals surface area contributed by atoms with E-state index in [1.807, 2.05) is 19.9 Å². The number of hydrogen-bond acceptors (Lipinski definition) is 3. The normalized spacial score (nSPS) is 49.1. The van der Waals surface area contributed by atoms with Gasteiger partial charge in [-0.15, -0.1) is 0 Å². The van der Waals surface area contributed by atoms with Crippen LogP contribution in [0.5, 0.6) is 0 Å². The molecular formula is C12H18O3. The SMILES string of the molecule is CC(=O)/C=C/C1[C@@]2(C)CC(O)C[C@]1(C)O2. The summed E-state index contributed by atoms with van der Waals surface area (Å²) < 4.78 is 5.84. The Balaban J connectivity index is 2.17. The van der Waals surface area contributed by atoms with E-state index < -0.39 is 0 Å². The molecule has 0 radical (unpaired) electrons. The van der Waals surface area contributed by atoms with E-state index >= 15 is 0 Å². The summed E-state index contributed by atoms with van der Waals surface area (Å²) in [5.41, 5.74) is -0.559. The molecule has 15 heavy (non-hydrogen) atoms. The minimum Gasteiger partial charge on any atom is -0.393 e. The van der Waals surface area contributed by atoms with Gasteiger partial charge in [-0.3, -0.25) is 4.79 Å². The summed E-state index contributed by atoms with van der Waals surface area (Å²) in [6, 6.07) is 0. The Kier molecular flexibility index (Phi) is 2.28. The molecule has 0 spiro atoms. The predicted molar refractivity (Wildman–Crippen MR) is 56.4 cm³/mol. The number of aliphatic hydroxyl groups is 1. The molecular weight excluding hydrogens is 192 g/mol. The molecule has 2 unspecified atom stereocenters. The number of fused-ring (bicyclic) bond motifs is 2. The van der Waals surface area contributed by atoms with Crippen LogP contribution in [0.2, 0.25) is 0 Å². The van der Waals surface area contributed by atoms with Gasteiger partial charge < -0.3 is 9.84 Å². The zero-order valence-corrected chi connectivity index (χ0v) is 9.49. The maximum absolute atomic E-state index is 10.9. The number of carbonyl (C=O) groups is 1. The van der Waals surface area contributed by atoms with E-state index in [0.717, 1.165) is 0 Å². The van der Waals surface area contributed by atoms with E-state index in [1.165, 1.54) is 0 Å². The van der Waals surface area contributed by atoms with Gasteiger partial charge in [0.05, 0.1) is 17.3 Å². The maximum atomic E-state index is 10.9. The molecule has 2 aliphatic heterocycles. The quantitative estimate of drug-likeness (QED) is 0.702. The zero-order valence-electron chi connectivity index (χ0n) is 9.49. The molecule has 0 amide bonds. The number of carbonyl (C=O) groups excluding carboxylic acids is 1. The second-order valence-electron chi connectivity index (χ2n) is 5.24. The summed E-state index contributed by atoms with van der Waals surface area (Å²) in [5, 5.41) is 9.66. The predicted octanol–water partition coefficient (Wildman–Crippen LogP) is 1.45. The van der Waals surface area contributed by atoms with Gasteiger partial charge in [-0.05, 0) is 26.8 Å². The number of hydrogen-bond donors (Lipinski definition) is 1. The van der Waals surface area contributed by atoms with Gasteiger partial charge in [0.15, 0.2) is 5.78 Å². The van der Waals surface area contributed by atoms with Gasteiger partial charge in [0, 0.05) is 18.8 Å². The van der Waals surface area contributed by atoms with E-state index in [9.17, 15) is 9.90 Å². The standard InChI is InChI=1S/C12H18O3/c1-8(13)4-5-10-11(2)6-9(14)7-12(10,3)15-11/h4-5,9-10,14H,6-7H2,1-3H3/b5-4+/t9?,10?,11-,12+. The largest absolute Gasteiger partial charge is 0.393 e. The van der Waals surface area contributed by atoms with Crippen molar-refractivity contribution >= 4 is 5.78 Å². The Morgan fingerprint density at radius 2 is 1.93 bits per heavy atom. The molecule has 3 aliphatic rings. The molecule has 2 bridgehead atoms. The number of ketones is 1. The second-order valence-corrected chi connectivity index (χ2v) is 5.24. The molecule has 0 aromatic carbocycles. The maximum Gasteiger partial charge on any atom is 0.152 e. The number of ether oxygens (including phenoxy) is 1. The van der Waals surface area contributed by atoms with Gasteiger partial charge in [0.1, 0.15) is 0 Å².